The van der Waals surface area contributed by atoms with Crippen molar-refractivity contribution >= 4 is 22.6 Å². The van der Waals surface area contributed by atoms with Crippen molar-refractivity contribution in [1.29, 1.82) is 0 Å². The van der Waals surface area contributed by atoms with E-state index in [0.717, 1.165) is 42.1 Å². The van der Waals surface area contributed by atoms with Gasteiger partial charge in [-0.1, -0.05) is 0 Å². The summed E-state index contributed by atoms with van der Waals surface area (Å²) in [5, 5.41) is 6.58. The number of hydrogen-bond acceptors (Lipinski definition) is 2. The lowest BCUT2D eigenvalue weighted by Crippen LogP contribution is -2.39. The molecule has 1 heterocycles. The van der Waals surface area contributed by atoms with E-state index in [1.165, 1.54) is 30.3 Å². The van der Waals surface area contributed by atoms with Gasteiger partial charge >= 0.3 is 6.03 Å². The first-order chi connectivity index (χ1) is 13.6. The Bertz CT molecular complexity index is 983. The molecule has 0 unspecified atom stereocenters. The predicted octanol–water partition coefficient (Wildman–Crippen LogP) is 5.36. The third-order valence-electron chi connectivity index (χ3n) is 5.34. The second-order valence-corrected chi connectivity index (χ2v) is 7.22. The van der Waals surface area contributed by atoms with Crippen LogP contribution in [0.25, 0.3) is 10.9 Å². The zero-order chi connectivity index (χ0) is 19.5. The Kier molecular flexibility index (Phi) is 5.19. The molecule has 4 rings (SSSR count). The number of urea groups is 1. The Labute approximate surface area is 162 Å². The predicted molar refractivity (Wildman–Crippen MR) is 105 cm³/mol. The number of halogens is 2. The van der Waals surface area contributed by atoms with E-state index in [9.17, 15) is 13.6 Å². The first-order valence-electron chi connectivity index (χ1n) is 9.46. The number of carbonyl (C=O) groups excluding carboxylic acids is 1. The minimum atomic E-state index is -0.340. The van der Waals surface area contributed by atoms with Gasteiger partial charge in [0.15, 0.2) is 0 Å². The molecule has 28 heavy (non-hydrogen) atoms. The van der Waals surface area contributed by atoms with Crippen molar-refractivity contribution in [1.82, 2.24) is 10.3 Å². The Morgan fingerprint density at radius 1 is 0.929 bits per heavy atom. The molecule has 0 saturated heterocycles. The molecule has 2 amide bonds. The van der Waals surface area contributed by atoms with E-state index in [1.54, 1.807) is 18.3 Å². The monoisotopic (exact) mass is 381 g/mol. The topological polar surface area (TPSA) is 54.0 Å². The van der Waals surface area contributed by atoms with Crippen LogP contribution in [0.2, 0.25) is 0 Å². The van der Waals surface area contributed by atoms with E-state index in [4.69, 9.17) is 0 Å². The van der Waals surface area contributed by atoms with Crippen LogP contribution in [-0.4, -0.2) is 17.1 Å². The number of carbonyl (C=O) groups is 1. The van der Waals surface area contributed by atoms with E-state index < -0.39 is 0 Å². The van der Waals surface area contributed by atoms with Gasteiger partial charge in [-0.3, -0.25) is 4.98 Å². The van der Waals surface area contributed by atoms with Gasteiger partial charge < -0.3 is 10.6 Å². The van der Waals surface area contributed by atoms with Gasteiger partial charge in [-0.25, -0.2) is 13.6 Å². The molecule has 0 atom stereocenters. The lowest BCUT2D eigenvalue weighted by atomic mass is 9.80. The number of amides is 2. The van der Waals surface area contributed by atoms with E-state index in [-0.39, 0.29) is 23.7 Å². The van der Waals surface area contributed by atoms with Crippen LogP contribution >= 0.6 is 0 Å². The van der Waals surface area contributed by atoms with Crippen LogP contribution in [-0.2, 0) is 0 Å². The number of hydrogen-bond donors (Lipinski definition) is 2. The summed E-state index contributed by atoms with van der Waals surface area (Å²) in [7, 11) is 0. The summed E-state index contributed by atoms with van der Waals surface area (Å²) in [6.45, 7) is 0. The summed E-state index contributed by atoms with van der Waals surface area (Å²) >= 11 is 0. The summed E-state index contributed by atoms with van der Waals surface area (Å²) in [5.41, 5.74) is 2.48. The molecular formula is C22H21F2N3O. The third-order valence-corrected chi connectivity index (χ3v) is 5.34. The molecule has 0 spiro atoms. The van der Waals surface area contributed by atoms with Crippen molar-refractivity contribution in [2.45, 2.75) is 37.6 Å². The normalized spacial score (nSPS) is 19.4. The molecule has 1 aliphatic rings. The summed E-state index contributed by atoms with van der Waals surface area (Å²) in [6.07, 6.45) is 5.30. The van der Waals surface area contributed by atoms with Crippen LogP contribution in [0.15, 0.2) is 54.7 Å². The number of anilines is 1. The van der Waals surface area contributed by atoms with Crippen LogP contribution < -0.4 is 10.6 Å². The minimum absolute atomic E-state index is 0.0848. The van der Waals surface area contributed by atoms with Gasteiger partial charge in [0, 0.05) is 23.3 Å². The molecule has 2 N–H and O–H groups in total. The molecule has 144 valence electrons. The van der Waals surface area contributed by atoms with E-state index >= 15 is 0 Å². The van der Waals surface area contributed by atoms with Crippen molar-refractivity contribution in [2.75, 3.05) is 5.32 Å². The quantitative estimate of drug-likeness (QED) is 0.642. The van der Waals surface area contributed by atoms with Crippen molar-refractivity contribution in [3.05, 3.63) is 71.9 Å². The highest BCUT2D eigenvalue weighted by Gasteiger charge is 2.25. The van der Waals surface area contributed by atoms with Crippen molar-refractivity contribution in [3.63, 3.8) is 0 Å². The molecule has 1 aromatic heterocycles. The molecule has 1 saturated carbocycles. The number of nitrogens with one attached hydrogen (secondary N) is 2. The Morgan fingerprint density at radius 3 is 2.39 bits per heavy atom. The second-order valence-electron chi connectivity index (χ2n) is 7.22. The lowest BCUT2D eigenvalue weighted by Gasteiger charge is -2.30. The van der Waals surface area contributed by atoms with E-state index in [2.05, 4.69) is 15.6 Å². The second kappa shape index (κ2) is 7.92. The fraction of sp³-hybridized carbons (Fsp3) is 0.273. The smallest absolute Gasteiger partial charge is 0.319 e. The maximum Gasteiger partial charge on any atom is 0.319 e. The van der Waals surface area contributed by atoms with E-state index in [1.807, 2.05) is 6.07 Å². The summed E-state index contributed by atoms with van der Waals surface area (Å²) in [4.78, 5) is 16.5. The molecule has 0 aliphatic heterocycles. The van der Waals surface area contributed by atoms with Crippen molar-refractivity contribution in [2.24, 2.45) is 0 Å². The van der Waals surface area contributed by atoms with Gasteiger partial charge in [-0.15, -0.1) is 0 Å². The molecule has 1 aliphatic carbocycles. The number of fused-ring (bicyclic) bond motifs is 1. The fourth-order valence-corrected chi connectivity index (χ4v) is 3.93. The molecule has 6 heteroatoms. The van der Waals surface area contributed by atoms with Crippen LogP contribution in [0.3, 0.4) is 0 Å². The highest BCUT2D eigenvalue weighted by molar-refractivity contribution is 5.89. The van der Waals surface area contributed by atoms with Gasteiger partial charge in [0.05, 0.1) is 5.52 Å². The standard InChI is InChI=1S/C22H21F2N3O/c23-15-3-8-18(9-4-15)27-22(28)26-17-6-1-14(2-7-17)19-11-12-25-21-10-5-16(24)13-20(19)21/h3-5,8-14,17H,1-2,6-7H2,(H2,26,27,28). The van der Waals surface area contributed by atoms with Gasteiger partial charge in [0.2, 0.25) is 0 Å². The highest BCUT2D eigenvalue weighted by atomic mass is 19.1. The van der Waals surface area contributed by atoms with Crippen LogP contribution in [0.5, 0.6) is 0 Å². The fourth-order valence-electron chi connectivity index (χ4n) is 3.93. The molecule has 3 aromatic rings. The summed E-state index contributed by atoms with van der Waals surface area (Å²) in [6, 6.07) is 12.1. The minimum Gasteiger partial charge on any atom is -0.335 e. The Balaban J connectivity index is 1.36. The van der Waals surface area contributed by atoms with Crippen LogP contribution in [0, 0.1) is 11.6 Å². The Morgan fingerprint density at radius 2 is 1.64 bits per heavy atom. The molecule has 0 radical (unpaired) electrons. The average Bonchev–Trinajstić information content (AvgIpc) is 2.70. The number of rotatable bonds is 3. The maximum atomic E-state index is 13.7. The molecule has 1 fully saturated rings. The van der Waals surface area contributed by atoms with Gasteiger partial charge in [-0.2, -0.15) is 0 Å². The SMILES string of the molecule is O=C(Nc1ccc(F)cc1)NC1CCC(c2ccnc3ccc(F)cc23)CC1. The maximum absolute atomic E-state index is 13.7. The Hall–Kier alpha value is -3.02. The average molecular weight is 381 g/mol. The first kappa shape index (κ1) is 18.3. The van der Waals surface area contributed by atoms with Crippen LogP contribution in [0.1, 0.15) is 37.2 Å². The number of aromatic nitrogens is 1. The zero-order valence-corrected chi connectivity index (χ0v) is 15.3. The zero-order valence-electron chi connectivity index (χ0n) is 15.3. The van der Waals surface area contributed by atoms with Crippen molar-refractivity contribution in [3.8, 4) is 0 Å². The van der Waals surface area contributed by atoms with E-state index in [0.29, 0.717) is 11.6 Å². The van der Waals surface area contributed by atoms with Gasteiger partial charge in [0.1, 0.15) is 11.6 Å². The molecule has 4 nitrogen and oxygen atoms in total. The summed E-state index contributed by atoms with van der Waals surface area (Å²) < 4.78 is 26.6. The highest BCUT2D eigenvalue weighted by Crippen LogP contribution is 2.36. The van der Waals surface area contributed by atoms with Crippen molar-refractivity contribution < 1.29 is 13.6 Å². The molecular weight excluding hydrogens is 360 g/mol. The number of pyridine rings is 1. The summed E-state index contributed by atoms with van der Waals surface area (Å²) in [5.74, 6) is -0.270. The number of benzene rings is 2. The largest absolute Gasteiger partial charge is 0.335 e. The van der Waals surface area contributed by atoms with Gasteiger partial charge in [-0.05, 0) is 85.7 Å². The van der Waals surface area contributed by atoms with Gasteiger partial charge in [0.25, 0.3) is 0 Å². The molecule has 0 bridgehead atoms. The lowest BCUT2D eigenvalue weighted by molar-refractivity contribution is 0.242. The molecule has 2 aromatic carbocycles. The number of nitrogens with zero attached hydrogens (tertiary/aromatic N) is 1. The first-order valence-corrected chi connectivity index (χ1v) is 9.46. The third kappa shape index (κ3) is 4.11. The van der Waals surface area contributed by atoms with Crippen LogP contribution in [0.4, 0.5) is 19.3 Å².